The Bertz CT molecular complexity index is 928. The predicted octanol–water partition coefficient (Wildman–Crippen LogP) is 1.88. The molecule has 3 aromatic rings. The van der Waals surface area contributed by atoms with Crippen LogP contribution < -0.4 is 11.4 Å². The summed E-state index contributed by atoms with van der Waals surface area (Å²) in [5.41, 5.74) is 5.88. The third-order valence-electron chi connectivity index (χ3n) is 3.08. The van der Waals surface area contributed by atoms with Crippen molar-refractivity contribution >= 4 is 22.6 Å². The molecule has 0 spiro atoms. The zero-order valence-electron chi connectivity index (χ0n) is 10.6. The van der Waals surface area contributed by atoms with E-state index in [2.05, 4.69) is 4.98 Å². The molecule has 0 radical (unpaired) electrons. The van der Waals surface area contributed by atoms with E-state index in [1.165, 1.54) is 6.07 Å². The van der Waals surface area contributed by atoms with Crippen LogP contribution in [0.1, 0.15) is 10.4 Å². The molecule has 0 amide bonds. The largest absolute Gasteiger partial charge is 0.399 e. The third-order valence-corrected chi connectivity index (χ3v) is 3.08. The molecule has 1 heterocycles. The van der Waals surface area contributed by atoms with Crippen molar-refractivity contribution < 1.29 is 13.6 Å². The Hall–Kier alpha value is -2.96. The SMILES string of the molecule is Nc1ccc2[nH]c(=O)n(C(=O)c3ccc(F)c(F)c3)c2c1. The zero-order chi connectivity index (χ0) is 15.1. The maximum absolute atomic E-state index is 13.2. The Kier molecular flexibility index (Phi) is 2.83. The molecule has 0 aliphatic heterocycles. The molecule has 0 fully saturated rings. The Morgan fingerprint density at radius 3 is 2.57 bits per heavy atom. The van der Waals surface area contributed by atoms with Crippen LogP contribution in [0, 0.1) is 11.6 Å². The van der Waals surface area contributed by atoms with Gasteiger partial charge in [-0.05, 0) is 36.4 Å². The lowest BCUT2D eigenvalue weighted by Gasteiger charge is -2.03. The van der Waals surface area contributed by atoms with Crippen molar-refractivity contribution in [3.63, 3.8) is 0 Å². The summed E-state index contributed by atoms with van der Waals surface area (Å²) in [5, 5.41) is 0. The minimum Gasteiger partial charge on any atom is -0.399 e. The van der Waals surface area contributed by atoms with Crippen molar-refractivity contribution in [1.29, 1.82) is 0 Å². The second-order valence-electron chi connectivity index (χ2n) is 4.48. The van der Waals surface area contributed by atoms with Crippen LogP contribution in [0.3, 0.4) is 0 Å². The van der Waals surface area contributed by atoms with Gasteiger partial charge in [-0.15, -0.1) is 0 Å². The highest BCUT2D eigenvalue weighted by atomic mass is 19.2. The second-order valence-corrected chi connectivity index (χ2v) is 4.48. The number of aromatic nitrogens is 2. The number of hydrogen-bond donors (Lipinski definition) is 2. The van der Waals surface area contributed by atoms with Gasteiger partial charge in [0.1, 0.15) is 0 Å². The molecule has 0 saturated carbocycles. The van der Waals surface area contributed by atoms with Crippen LogP contribution in [0.5, 0.6) is 0 Å². The van der Waals surface area contributed by atoms with Gasteiger partial charge in [-0.3, -0.25) is 4.79 Å². The molecule has 0 aliphatic rings. The number of H-pyrrole nitrogens is 1. The number of carbonyl (C=O) groups excluding carboxylic acids is 1. The highest BCUT2D eigenvalue weighted by Crippen LogP contribution is 2.16. The van der Waals surface area contributed by atoms with Gasteiger partial charge < -0.3 is 10.7 Å². The Balaban J connectivity index is 2.21. The number of carbonyl (C=O) groups is 1. The van der Waals surface area contributed by atoms with E-state index in [4.69, 9.17) is 5.73 Å². The molecule has 106 valence electrons. The third kappa shape index (κ3) is 2.08. The topological polar surface area (TPSA) is 80.9 Å². The first-order valence-electron chi connectivity index (χ1n) is 5.97. The summed E-state index contributed by atoms with van der Waals surface area (Å²) in [6.45, 7) is 0. The van der Waals surface area contributed by atoms with Gasteiger partial charge in [0.05, 0.1) is 11.0 Å². The Morgan fingerprint density at radius 2 is 1.86 bits per heavy atom. The van der Waals surface area contributed by atoms with Crippen LogP contribution in [-0.4, -0.2) is 15.5 Å². The first kappa shape index (κ1) is 13.0. The molecule has 0 aliphatic carbocycles. The summed E-state index contributed by atoms with van der Waals surface area (Å²) in [5.74, 6) is -2.99. The standard InChI is InChI=1S/C14H9F2N3O2/c15-9-3-1-7(5-10(9)16)13(20)19-12-6-8(17)2-4-11(12)18-14(19)21/h1-6H,17H2,(H,18,21). The summed E-state index contributed by atoms with van der Waals surface area (Å²) >= 11 is 0. The van der Waals surface area contributed by atoms with Gasteiger partial charge in [0.25, 0.3) is 5.91 Å². The normalized spacial score (nSPS) is 11.0. The lowest BCUT2D eigenvalue weighted by molar-refractivity contribution is 0.0960. The number of hydrogen-bond acceptors (Lipinski definition) is 3. The summed E-state index contributed by atoms with van der Waals surface area (Å²) < 4.78 is 27.0. The van der Waals surface area contributed by atoms with Crippen molar-refractivity contribution in [3.8, 4) is 0 Å². The predicted molar refractivity (Wildman–Crippen MR) is 73.1 cm³/mol. The molecule has 0 atom stereocenters. The number of rotatable bonds is 1. The smallest absolute Gasteiger partial charge is 0.333 e. The quantitative estimate of drug-likeness (QED) is 0.671. The maximum Gasteiger partial charge on any atom is 0.333 e. The van der Waals surface area contributed by atoms with Crippen molar-refractivity contribution in [2.24, 2.45) is 0 Å². The Morgan fingerprint density at radius 1 is 1.10 bits per heavy atom. The van der Waals surface area contributed by atoms with E-state index in [9.17, 15) is 18.4 Å². The second kappa shape index (κ2) is 4.55. The fraction of sp³-hybridized carbons (Fsp3) is 0. The van der Waals surface area contributed by atoms with E-state index in [0.717, 1.165) is 22.8 Å². The van der Waals surface area contributed by atoms with Gasteiger partial charge in [0.15, 0.2) is 11.6 Å². The van der Waals surface area contributed by atoms with E-state index in [1.807, 2.05) is 0 Å². The number of nitrogen functional groups attached to an aromatic ring is 1. The number of anilines is 1. The average Bonchev–Trinajstić information content (AvgIpc) is 2.76. The molecule has 2 aromatic carbocycles. The number of halogens is 2. The fourth-order valence-corrected chi connectivity index (χ4v) is 2.08. The number of imidazole rings is 1. The monoisotopic (exact) mass is 289 g/mol. The average molecular weight is 289 g/mol. The molecule has 0 saturated heterocycles. The van der Waals surface area contributed by atoms with Gasteiger partial charge in [0, 0.05) is 11.3 Å². The van der Waals surface area contributed by atoms with Crippen molar-refractivity contribution in [2.75, 3.05) is 5.73 Å². The van der Waals surface area contributed by atoms with Gasteiger partial charge in [0.2, 0.25) is 0 Å². The van der Waals surface area contributed by atoms with Crippen LogP contribution in [0.15, 0.2) is 41.2 Å². The number of nitrogens with two attached hydrogens (primary N) is 1. The van der Waals surface area contributed by atoms with Crippen molar-refractivity contribution in [2.45, 2.75) is 0 Å². The number of benzene rings is 2. The molecule has 7 heteroatoms. The van der Waals surface area contributed by atoms with E-state index in [0.29, 0.717) is 11.2 Å². The van der Waals surface area contributed by atoms with Crippen molar-refractivity contribution in [1.82, 2.24) is 9.55 Å². The van der Waals surface area contributed by atoms with E-state index < -0.39 is 23.2 Å². The van der Waals surface area contributed by atoms with E-state index >= 15 is 0 Å². The molecule has 0 bridgehead atoms. The zero-order valence-corrected chi connectivity index (χ0v) is 10.6. The first-order chi connectivity index (χ1) is 9.97. The fourth-order valence-electron chi connectivity index (χ4n) is 2.08. The summed E-state index contributed by atoms with van der Waals surface area (Å²) in [6.07, 6.45) is 0. The van der Waals surface area contributed by atoms with Crippen LogP contribution in [0.4, 0.5) is 14.5 Å². The van der Waals surface area contributed by atoms with Crippen LogP contribution >= 0.6 is 0 Å². The van der Waals surface area contributed by atoms with Crippen LogP contribution in [-0.2, 0) is 0 Å². The van der Waals surface area contributed by atoms with E-state index in [-0.39, 0.29) is 11.1 Å². The lowest BCUT2D eigenvalue weighted by Crippen LogP contribution is -2.25. The summed E-state index contributed by atoms with van der Waals surface area (Å²) in [7, 11) is 0. The molecular weight excluding hydrogens is 280 g/mol. The van der Waals surface area contributed by atoms with Crippen LogP contribution in [0.2, 0.25) is 0 Å². The molecule has 1 aromatic heterocycles. The van der Waals surface area contributed by atoms with Gasteiger partial charge in [-0.1, -0.05) is 0 Å². The molecular formula is C14H9F2N3O2. The minimum atomic E-state index is -1.16. The van der Waals surface area contributed by atoms with Gasteiger partial charge in [-0.25, -0.2) is 18.1 Å². The highest BCUT2D eigenvalue weighted by Gasteiger charge is 2.17. The number of aromatic amines is 1. The molecule has 21 heavy (non-hydrogen) atoms. The minimum absolute atomic E-state index is 0.140. The molecule has 3 N–H and O–H groups in total. The van der Waals surface area contributed by atoms with Crippen LogP contribution in [0.25, 0.3) is 11.0 Å². The van der Waals surface area contributed by atoms with Crippen molar-refractivity contribution in [3.05, 3.63) is 64.1 Å². The maximum atomic E-state index is 13.2. The molecule has 3 rings (SSSR count). The van der Waals surface area contributed by atoms with E-state index in [1.54, 1.807) is 12.1 Å². The summed E-state index contributed by atoms with van der Waals surface area (Å²) in [4.78, 5) is 26.7. The molecule has 5 nitrogen and oxygen atoms in total. The highest BCUT2D eigenvalue weighted by molar-refractivity contribution is 6.01. The lowest BCUT2D eigenvalue weighted by atomic mass is 10.2. The Labute approximate surface area is 116 Å². The number of nitrogens with one attached hydrogen (secondary N) is 1. The van der Waals surface area contributed by atoms with Gasteiger partial charge in [-0.2, -0.15) is 0 Å². The summed E-state index contributed by atoms with van der Waals surface area (Å²) in [6, 6.07) is 7.26. The number of nitrogens with zero attached hydrogens (tertiary/aromatic N) is 1. The first-order valence-corrected chi connectivity index (χ1v) is 5.97. The molecule has 0 unspecified atom stereocenters. The van der Waals surface area contributed by atoms with Gasteiger partial charge >= 0.3 is 5.69 Å². The number of fused-ring (bicyclic) bond motifs is 1.